The van der Waals surface area contributed by atoms with E-state index in [1.165, 1.54) is 0 Å². The molecule has 1 radical (unpaired) electrons. The lowest BCUT2D eigenvalue weighted by atomic mass is 10.3. The van der Waals surface area contributed by atoms with Crippen LogP contribution in [0.15, 0.2) is 17.6 Å². The first kappa shape index (κ1) is 7.66. The van der Waals surface area contributed by atoms with Gasteiger partial charge in [-0.25, -0.2) is 4.98 Å². The minimum absolute atomic E-state index is 0.494. The zero-order valence-corrected chi connectivity index (χ0v) is 6.82. The Bertz CT molecular complexity index is 170. The number of hydrogen-bond donors (Lipinski definition) is 1. The molecular weight excluding hydrogens is 144 g/mol. The van der Waals surface area contributed by atoms with E-state index in [9.17, 15) is 0 Å². The number of nitrogens with one attached hydrogen (secondary N) is 1. The van der Waals surface area contributed by atoms with Crippen LogP contribution in [0, 0.1) is 12.8 Å². The summed E-state index contributed by atoms with van der Waals surface area (Å²) >= 11 is 1.75. The van der Waals surface area contributed by atoms with Gasteiger partial charge in [-0.3, -0.25) is 0 Å². The van der Waals surface area contributed by atoms with Crippen LogP contribution in [0.3, 0.4) is 0 Å². The summed E-state index contributed by atoms with van der Waals surface area (Å²) in [5.41, 5.74) is 0. The Balaban J connectivity index is 2.28. The molecule has 1 rings (SSSR count). The van der Waals surface area contributed by atoms with Gasteiger partial charge in [0.25, 0.3) is 0 Å². The van der Waals surface area contributed by atoms with Gasteiger partial charge in [-0.15, -0.1) is 11.8 Å². The summed E-state index contributed by atoms with van der Waals surface area (Å²) in [5.74, 6) is 1.54. The number of imidazole rings is 1. The highest BCUT2D eigenvalue weighted by atomic mass is 32.2. The quantitative estimate of drug-likeness (QED) is 0.676. The van der Waals surface area contributed by atoms with Gasteiger partial charge >= 0.3 is 0 Å². The second-order valence-electron chi connectivity index (χ2n) is 2.33. The molecule has 0 amide bonds. The summed E-state index contributed by atoms with van der Waals surface area (Å²) in [6, 6.07) is 0. The number of nitrogens with zero attached hydrogens (tertiary/aromatic N) is 1. The average Bonchev–Trinajstić information content (AvgIpc) is 2.34. The maximum atomic E-state index is 3.90. The molecule has 0 aliphatic rings. The van der Waals surface area contributed by atoms with Crippen molar-refractivity contribution >= 4 is 11.8 Å². The van der Waals surface area contributed by atoms with Crippen molar-refractivity contribution in [2.75, 3.05) is 5.75 Å². The molecule has 2 nitrogen and oxygen atoms in total. The highest BCUT2D eigenvalue weighted by Gasteiger charge is 1.96. The number of hydrogen-bond acceptors (Lipinski definition) is 2. The number of H-pyrrole nitrogens is 1. The van der Waals surface area contributed by atoms with Gasteiger partial charge < -0.3 is 4.98 Å². The van der Waals surface area contributed by atoms with E-state index in [-0.39, 0.29) is 0 Å². The van der Waals surface area contributed by atoms with Gasteiger partial charge in [0, 0.05) is 5.75 Å². The average molecular weight is 155 g/mol. The number of thioether (sulfide) groups is 1. The van der Waals surface area contributed by atoms with E-state index in [4.69, 9.17) is 0 Å². The Morgan fingerprint density at radius 3 is 3.20 bits per heavy atom. The lowest BCUT2D eigenvalue weighted by Gasteiger charge is -1.99. The molecule has 3 heteroatoms. The fraction of sp³-hybridized carbons (Fsp3) is 0.429. The third kappa shape index (κ3) is 2.43. The minimum atomic E-state index is 0.494. The van der Waals surface area contributed by atoms with Crippen LogP contribution in [-0.2, 0) is 0 Å². The molecule has 0 saturated heterocycles. The predicted molar refractivity (Wildman–Crippen MR) is 43.8 cm³/mol. The molecule has 1 atom stereocenters. The highest BCUT2D eigenvalue weighted by Crippen LogP contribution is 2.16. The van der Waals surface area contributed by atoms with E-state index in [1.807, 2.05) is 6.20 Å². The third-order valence-electron chi connectivity index (χ3n) is 0.996. The smallest absolute Gasteiger partial charge is 0.0928 e. The van der Waals surface area contributed by atoms with Crippen LogP contribution in [0.2, 0.25) is 0 Å². The number of rotatable bonds is 3. The van der Waals surface area contributed by atoms with Crippen molar-refractivity contribution in [2.45, 2.75) is 11.9 Å². The third-order valence-corrected chi connectivity index (χ3v) is 2.27. The molecule has 0 spiro atoms. The molecule has 55 valence electrons. The van der Waals surface area contributed by atoms with Crippen molar-refractivity contribution in [1.29, 1.82) is 0 Å². The van der Waals surface area contributed by atoms with E-state index in [0.717, 1.165) is 10.8 Å². The van der Waals surface area contributed by atoms with E-state index < -0.39 is 0 Å². The number of aromatic nitrogens is 2. The Labute approximate surface area is 65.4 Å². The summed E-state index contributed by atoms with van der Waals surface area (Å²) in [5, 5.41) is 1.12. The lowest BCUT2D eigenvalue weighted by molar-refractivity contribution is 0.841. The van der Waals surface area contributed by atoms with Crippen LogP contribution in [0.1, 0.15) is 6.92 Å². The van der Waals surface area contributed by atoms with Gasteiger partial charge in [0.05, 0.1) is 17.6 Å². The molecule has 1 N–H and O–H groups in total. The Hall–Kier alpha value is -0.440. The van der Waals surface area contributed by atoms with Crippen molar-refractivity contribution in [3.8, 4) is 0 Å². The van der Waals surface area contributed by atoms with Gasteiger partial charge in [0.1, 0.15) is 0 Å². The topological polar surface area (TPSA) is 28.7 Å². The van der Waals surface area contributed by atoms with Gasteiger partial charge in [0.15, 0.2) is 0 Å². The molecule has 0 saturated carbocycles. The van der Waals surface area contributed by atoms with Crippen LogP contribution in [-0.4, -0.2) is 15.7 Å². The lowest BCUT2D eigenvalue weighted by Crippen LogP contribution is -1.90. The van der Waals surface area contributed by atoms with E-state index in [1.54, 1.807) is 18.1 Å². The fourth-order valence-electron chi connectivity index (χ4n) is 0.554. The van der Waals surface area contributed by atoms with Crippen molar-refractivity contribution in [3.63, 3.8) is 0 Å². The molecule has 1 aromatic rings. The SMILES string of the molecule is [CH2]C(C)CSc1cnc[nH]1. The van der Waals surface area contributed by atoms with Gasteiger partial charge in [0.2, 0.25) is 0 Å². The van der Waals surface area contributed by atoms with Crippen LogP contribution in [0.4, 0.5) is 0 Å². The van der Waals surface area contributed by atoms with Crippen LogP contribution in [0.25, 0.3) is 0 Å². The van der Waals surface area contributed by atoms with Gasteiger partial charge in [-0.1, -0.05) is 6.92 Å². The summed E-state index contributed by atoms with van der Waals surface area (Å²) in [6.45, 7) is 5.98. The Morgan fingerprint density at radius 1 is 1.90 bits per heavy atom. The molecule has 1 aromatic heterocycles. The van der Waals surface area contributed by atoms with Crippen molar-refractivity contribution in [2.24, 2.45) is 5.92 Å². The van der Waals surface area contributed by atoms with Gasteiger partial charge in [-0.2, -0.15) is 0 Å². The summed E-state index contributed by atoms with van der Waals surface area (Å²) in [4.78, 5) is 6.92. The van der Waals surface area contributed by atoms with E-state index in [2.05, 4.69) is 23.8 Å². The van der Waals surface area contributed by atoms with E-state index >= 15 is 0 Å². The molecule has 1 unspecified atom stereocenters. The standard InChI is InChI=1S/C7H11N2S/c1-6(2)4-10-7-3-8-5-9-7/h3,5-6H,1,4H2,2H3,(H,8,9). The first-order valence-electron chi connectivity index (χ1n) is 3.23. The van der Waals surface area contributed by atoms with Crippen LogP contribution >= 0.6 is 11.8 Å². The zero-order chi connectivity index (χ0) is 7.40. The maximum absolute atomic E-state index is 3.90. The molecule has 0 aromatic carbocycles. The maximum Gasteiger partial charge on any atom is 0.0928 e. The van der Waals surface area contributed by atoms with Crippen molar-refractivity contribution in [3.05, 3.63) is 19.4 Å². The second kappa shape index (κ2) is 3.66. The van der Waals surface area contributed by atoms with Gasteiger partial charge in [-0.05, 0) is 12.8 Å². The van der Waals surface area contributed by atoms with Crippen molar-refractivity contribution < 1.29 is 0 Å². The molecular formula is C7H11N2S. The number of aromatic amines is 1. The minimum Gasteiger partial charge on any atom is -0.340 e. The summed E-state index contributed by atoms with van der Waals surface area (Å²) < 4.78 is 0. The first-order chi connectivity index (χ1) is 4.79. The van der Waals surface area contributed by atoms with E-state index in [0.29, 0.717) is 5.92 Å². The van der Waals surface area contributed by atoms with Crippen LogP contribution in [0.5, 0.6) is 0 Å². The Morgan fingerprint density at radius 2 is 2.70 bits per heavy atom. The summed E-state index contributed by atoms with van der Waals surface area (Å²) in [7, 11) is 0. The Kier molecular flexibility index (Phi) is 2.81. The molecule has 10 heavy (non-hydrogen) atoms. The van der Waals surface area contributed by atoms with Crippen LogP contribution < -0.4 is 0 Å². The zero-order valence-electron chi connectivity index (χ0n) is 6.00. The molecule has 1 heterocycles. The molecule has 0 aliphatic carbocycles. The fourth-order valence-corrected chi connectivity index (χ4v) is 1.29. The largest absolute Gasteiger partial charge is 0.340 e. The normalized spacial score (nSPS) is 10.7. The highest BCUT2D eigenvalue weighted by molar-refractivity contribution is 7.99. The second-order valence-corrected chi connectivity index (χ2v) is 3.39. The summed E-state index contributed by atoms with van der Waals surface area (Å²) in [6.07, 6.45) is 3.52. The molecule has 0 bridgehead atoms. The monoisotopic (exact) mass is 155 g/mol. The predicted octanol–water partition coefficient (Wildman–Crippen LogP) is 1.97. The van der Waals surface area contributed by atoms with Crippen molar-refractivity contribution in [1.82, 2.24) is 9.97 Å². The first-order valence-corrected chi connectivity index (χ1v) is 4.22. The molecule has 0 fully saturated rings. The molecule has 0 aliphatic heterocycles.